The number of oxazole rings is 1. The predicted octanol–water partition coefficient (Wildman–Crippen LogP) is 1.70. The fourth-order valence-electron chi connectivity index (χ4n) is 2.96. The number of hydrogen-bond donors (Lipinski definition) is 1. The Kier molecular flexibility index (Phi) is 5.55. The number of furan rings is 1. The molecule has 0 radical (unpaired) electrons. The summed E-state index contributed by atoms with van der Waals surface area (Å²) in [7, 11) is 0. The van der Waals surface area contributed by atoms with Gasteiger partial charge in [0.2, 0.25) is 5.91 Å². The second-order valence-corrected chi connectivity index (χ2v) is 6.42. The van der Waals surface area contributed by atoms with Crippen molar-refractivity contribution < 1.29 is 18.7 Å². The number of aliphatic hydroxyl groups excluding tert-OH is 1. The van der Waals surface area contributed by atoms with Crippen molar-refractivity contribution in [2.24, 2.45) is 0 Å². The summed E-state index contributed by atoms with van der Waals surface area (Å²) >= 11 is 0. The highest BCUT2D eigenvalue weighted by atomic mass is 16.4. The first-order chi connectivity index (χ1) is 12.1. The molecule has 7 nitrogen and oxygen atoms in total. The van der Waals surface area contributed by atoms with E-state index in [2.05, 4.69) is 9.88 Å². The van der Waals surface area contributed by atoms with Crippen molar-refractivity contribution in [1.29, 1.82) is 0 Å². The molecule has 25 heavy (non-hydrogen) atoms. The zero-order valence-corrected chi connectivity index (χ0v) is 14.8. The number of aromatic nitrogens is 1. The van der Waals surface area contributed by atoms with Crippen LogP contribution in [0.5, 0.6) is 0 Å². The predicted molar refractivity (Wildman–Crippen MR) is 92.0 cm³/mol. The largest absolute Gasteiger partial charge is 0.459 e. The SMILES string of the molecule is CC[C@H](O)CN1CCN(C(=O)Cc2nc(-c3ccco3)oc2C)CC1. The number of aliphatic hydroxyl groups is 1. The maximum absolute atomic E-state index is 12.6. The van der Waals surface area contributed by atoms with Gasteiger partial charge >= 0.3 is 0 Å². The highest BCUT2D eigenvalue weighted by Crippen LogP contribution is 2.22. The summed E-state index contributed by atoms with van der Waals surface area (Å²) in [5.74, 6) is 1.66. The van der Waals surface area contributed by atoms with Crippen LogP contribution in [0.1, 0.15) is 24.8 Å². The van der Waals surface area contributed by atoms with Gasteiger partial charge in [0.25, 0.3) is 5.89 Å². The Morgan fingerprint density at radius 2 is 2.12 bits per heavy atom. The van der Waals surface area contributed by atoms with E-state index in [1.54, 1.807) is 18.4 Å². The lowest BCUT2D eigenvalue weighted by molar-refractivity contribution is -0.132. The second kappa shape index (κ2) is 7.84. The Balaban J connectivity index is 1.55. The van der Waals surface area contributed by atoms with Crippen molar-refractivity contribution in [3.63, 3.8) is 0 Å². The fraction of sp³-hybridized carbons (Fsp3) is 0.556. The van der Waals surface area contributed by atoms with Gasteiger partial charge in [-0.15, -0.1) is 0 Å². The van der Waals surface area contributed by atoms with Crippen LogP contribution in [0.15, 0.2) is 27.2 Å². The van der Waals surface area contributed by atoms with E-state index in [1.807, 2.05) is 18.7 Å². The molecule has 0 bridgehead atoms. The number of hydrogen-bond acceptors (Lipinski definition) is 6. The average molecular weight is 347 g/mol. The van der Waals surface area contributed by atoms with Crippen LogP contribution >= 0.6 is 0 Å². The molecule has 0 saturated carbocycles. The first kappa shape index (κ1) is 17.7. The maximum Gasteiger partial charge on any atom is 0.263 e. The van der Waals surface area contributed by atoms with Gasteiger partial charge in [-0.05, 0) is 25.5 Å². The molecule has 1 aliphatic heterocycles. The molecule has 1 fully saturated rings. The second-order valence-electron chi connectivity index (χ2n) is 6.42. The Morgan fingerprint density at radius 1 is 1.36 bits per heavy atom. The van der Waals surface area contributed by atoms with Crippen LogP contribution in [0.2, 0.25) is 0 Å². The van der Waals surface area contributed by atoms with Gasteiger partial charge in [0, 0.05) is 32.7 Å². The monoisotopic (exact) mass is 347 g/mol. The number of rotatable bonds is 6. The van der Waals surface area contributed by atoms with Gasteiger partial charge in [0.1, 0.15) is 5.76 Å². The molecule has 0 aliphatic carbocycles. The highest BCUT2D eigenvalue weighted by Gasteiger charge is 2.24. The number of amides is 1. The van der Waals surface area contributed by atoms with Gasteiger partial charge in [0.05, 0.1) is 24.5 Å². The third kappa shape index (κ3) is 4.29. The first-order valence-electron chi connectivity index (χ1n) is 8.75. The summed E-state index contributed by atoms with van der Waals surface area (Å²) in [5, 5.41) is 9.74. The Morgan fingerprint density at radius 3 is 2.76 bits per heavy atom. The molecule has 2 aromatic rings. The molecular formula is C18H25N3O4. The third-order valence-electron chi connectivity index (χ3n) is 4.61. The zero-order valence-electron chi connectivity index (χ0n) is 14.8. The smallest absolute Gasteiger partial charge is 0.263 e. The van der Waals surface area contributed by atoms with Crippen molar-refractivity contribution in [2.45, 2.75) is 32.8 Å². The molecule has 1 saturated heterocycles. The van der Waals surface area contributed by atoms with Crippen LogP contribution in [-0.4, -0.2) is 64.6 Å². The standard InChI is InChI=1S/C18H25N3O4/c1-3-14(22)12-20-6-8-21(9-7-20)17(23)11-15-13(2)25-18(19-15)16-5-4-10-24-16/h4-5,10,14,22H,3,6-9,11-12H2,1-2H3/t14-/m0/s1. The zero-order chi connectivity index (χ0) is 17.8. The van der Waals surface area contributed by atoms with E-state index in [0.717, 1.165) is 19.5 Å². The minimum atomic E-state index is -0.292. The Labute approximate surface area is 147 Å². The van der Waals surface area contributed by atoms with Gasteiger partial charge in [-0.25, -0.2) is 4.98 Å². The summed E-state index contributed by atoms with van der Waals surface area (Å²) in [4.78, 5) is 21.0. The van der Waals surface area contributed by atoms with Crippen molar-refractivity contribution in [1.82, 2.24) is 14.8 Å². The summed E-state index contributed by atoms with van der Waals surface area (Å²) in [6.45, 7) is 7.39. The lowest BCUT2D eigenvalue weighted by atomic mass is 10.2. The van der Waals surface area contributed by atoms with E-state index >= 15 is 0 Å². The number of carbonyl (C=O) groups excluding carboxylic acids is 1. The Bertz CT molecular complexity index is 687. The molecule has 0 unspecified atom stereocenters. The molecule has 3 heterocycles. The van der Waals surface area contributed by atoms with Crippen LogP contribution in [0.4, 0.5) is 0 Å². The minimum Gasteiger partial charge on any atom is -0.459 e. The van der Waals surface area contributed by atoms with Crippen LogP contribution in [0.3, 0.4) is 0 Å². The van der Waals surface area contributed by atoms with E-state index < -0.39 is 0 Å². The fourth-order valence-corrected chi connectivity index (χ4v) is 2.96. The number of piperazine rings is 1. The molecule has 1 N–H and O–H groups in total. The summed E-state index contributed by atoms with van der Waals surface area (Å²) < 4.78 is 10.9. The van der Waals surface area contributed by atoms with E-state index in [-0.39, 0.29) is 18.4 Å². The molecule has 0 spiro atoms. The summed E-state index contributed by atoms with van der Waals surface area (Å²) in [6.07, 6.45) is 2.25. The van der Waals surface area contributed by atoms with Crippen LogP contribution in [0, 0.1) is 6.92 Å². The first-order valence-corrected chi connectivity index (χ1v) is 8.75. The van der Waals surface area contributed by atoms with E-state index in [1.165, 1.54) is 0 Å². The summed E-state index contributed by atoms with van der Waals surface area (Å²) in [6, 6.07) is 3.55. The van der Waals surface area contributed by atoms with Crippen molar-refractivity contribution >= 4 is 5.91 Å². The number of carbonyl (C=O) groups is 1. The van der Waals surface area contributed by atoms with Crippen molar-refractivity contribution in [2.75, 3.05) is 32.7 Å². The molecule has 2 aromatic heterocycles. The summed E-state index contributed by atoms with van der Waals surface area (Å²) in [5.41, 5.74) is 0.653. The third-order valence-corrected chi connectivity index (χ3v) is 4.61. The van der Waals surface area contributed by atoms with Crippen LogP contribution < -0.4 is 0 Å². The van der Waals surface area contributed by atoms with Gasteiger partial charge in [-0.3, -0.25) is 9.69 Å². The van der Waals surface area contributed by atoms with Gasteiger partial charge in [-0.1, -0.05) is 6.92 Å². The molecule has 0 aromatic carbocycles. The molecule has 1 atom stereocenters. The lowest BCUT2D eigenvalue weighted by Gasteiger charge is -2.35. The molecule has 3 rings (SSSR count). The van der Waals surface area contributed by atoms with E-state index in [4.69, 9.17) is 8.83 Å². The normalized spacial score (nSPS) is 17.0. The van der Waals surface area contributed by atoms with Crippen molar-refractivity contribution in [3.05, 3.63) is 29.9 Å². The molecule has 1 aliphatic rings. The highest BCUT2D eigenvalue weighted by molar-refractivity contribution is 5.78. The van der Waals surface area contributed by atoms with Crippen LogP contribution in [-0.2, 0) is 11.2 Å². The topological polar surface area (TPSA) is 83.0 Å². The van der Waals surface area contributed by atoms with E-state index in [0.29, 0.717) is 42.7 Å². The van der Waals surface area contributed by atoms with Gasteiger partial charge < -0.3 is 18.8 Å². The average Bonchev–Trinajstić information content (AvgIpc) is 3.26. The quantitative estimate of drug-likeness (QED) is 0.856. The van der Waals surface area contributed by atoms with Gasteiger partial charge in [-0.2, -0.15) is 0 Å². The van der Waals surface area contributed by atoms with Crippen LogP contribution in [0.25, 0.3) is 11.7 Å². The Hall–Kier alpha value is -2.12. The van der Waals surface area contributed by atoms with Gasteiger partial charge in [0.15, 0.2) is 5.76 Å². The molecule has 7 heteroatoms. The molecular weight excluding hydrogens is 322 g/mol. The number of β-amino-alcohol motifs (C(OH)–C–C–N with tert-alkyl or cyclic N) is 1. The number of nitrogens with zero attached hydrogens (tertiary/aromatic N) is 3. The number of aryl methyl sites for hydroxylation is 1. The molecule has 136 valence electrons. The maximum atomic E-state index is 12.6. The minimum absolute atomic E-state index is 0.0538. The van der Waals surface area contributed by atoms with Crippen molar-refractivity contribution in [3.8, 4) is 11.7 Å². The molecule has 1 amide bonds. The van der Waals surface area contributed by atoms with E-state index in [9.17, 15) is 9.90 Å². The lowest BCUT2D eigenvalue weighted by Crippen LogP contribution is -2.50.